The second-order valence-electron chi connectivity index (χ2n) is 5.20. The molecule has 0 radical (unpaired) electrons. The van der Waals surface area contributed by atoms with Crippen LogP contribution in [0.2, 0.25) is 0 Å². The molecule has 1 amide bonds. The molecule has 2 heterocycles. The summed E-state index contributed by atoms with van der Waals surface area (Å²) in [6.07, 6.45) is 0. The number of thiophene rings is 1. The third kappa shape index (κ3) is 4.20. The molecule has 0 aliphatic rings. The third-order valence-corrected chi connectivity index (χ3v) is 4.27. The number of aromatic nitrogens is 2. The number of rotatable bonds is 8. The quantitative estimate of drug-likeness (QED) is 0.650. The van der Waals surface area contributed by atoms with Crippen molar-refractivity contribution in [3.8, 4) is 22.3 Å². The van der Waals surface area contributed by atoms with Crippen molar-refractivity contribution >= 4 is 17.2 Å². The molecule has 0 spiro atoms. The Hall–Kier alpha value is -2.87. The number of benzene rings is 1. The molecule has 8 heteroatoms. The van der Waals surface area contributed by atoms with E-state index >= 15 is 0 Å². The van der Waals surface area contributed by atoms with Crippen LogP contribution in [-0.4, -0.2) is 29.3 Å². The number of nitrogens with zero attached hydrogens (tertiary/aromatic N) is 2. The van der Waals surface area contributed by atoms with Gasteiger partial charge in [0.05, 0.1) is 24.6 Å². The van der Waals surface area contributed by atoms with E-state index in [2.05, 4.69) is 15.5 Å². The van der Waals surface area contributed by atoms with Gasteiger partial charge in [-0.2, -0.15) is 4.98 Å². The fourth-order valence-electron chi connectivity index (χ4n) is 2.28. The van der Waals surface area contributed by atoms with Crippen LogP contribution in [0.5, 0.6) is 11.5 Å². The van der Waals surface area contributed by atoms with Gasteiger partial charge in [-0.3, -0.25) is 4.79 Å². The summed E-state index contributed by atoms with van der Waals surface area (Å²) in [4.78, 5) is 17.6. The molecule has 2 aromatic heterocycles. The lowest BCUT2D eigenvalue weighted by Crippen LogP contribution is -2.23. The lowest BCUT2D eigenvalue weighted by atomic mass is 10.2. The summed E-state index contributed by atoms with van der Waals surface area (Å²) in [5.41, 5.74) is 0.471. The van der Waals surface area contributed by atoms with Crippen LogP contribution in [0.4, 0.5) is 0 Å². The maximum atomic E-state index is 12.4. The van der Waals surface area contributed by atoms with Crippen molar-refractivity contribution < 1.29 is 18.8 Å². The van der Waals surface area contributed by atoms with E-state index in [4.69, 9.17) is 14.0 Å². The summed E-state index contributed by atoms with van der Waals surface area (Å²) in [7, 11) is 0. The Morgan fingerprint density at radius 3 is 2.73 bits per heavy atom. The molecule has 0 fully saturated rings. The van der Waals surface area contributed by atoms with Crippen molar-refractivity contribution in [1.82, 2.24) is 15.5 Å². The zero-order valence-corrected chi connectivity index (χ0v) is 15.3. The SMILES string of the molecule is CCOc1ccc(C(=O)NCc2noc(-c3cccs3)n2)cc1OCC. The molecule has 0 saturated carbocycles. The highest BCUT2D eigenvalue weighted by atomic mass is 32.1. The topological polar surface area (TPSA) is 86.5 Å². The maximum absolute atomic E-state index is 12.4. The number of nitrogens with one attached hydrogen (secondary N) is 1. The Morgan fingerprint density at radius 2 is 2.00 bits per heavy atom. The summed E-state index contributed by atoms with van der Waals surface area (Å²) in [6, 6.07) is 8.89. The average molecular weight is 373 g/mol. The maximum Gasteiger partial charge on any atom is 0.268 e. The van der Waals surface area contributed by atoms with Crippen LogP contribution in [-0.2, 0) is 6.54 Å². The van der Waals surface area contributed by atoms with E-state index in [1.165, 1.54) is 11.3 Å². The van der Waals surface area contributed by atoms with Gasteiger partial charge in [0.25, 0.3) is 11.8 Å². The highest BCUT2D eigenvalue weighted by Crippen LogP contribution is 2.28. The summed E-state index contributed by atoms with van der Waals surface area (Å²) >= 11 is 1.51. The van der Waals surface area contributed by atoms with Gasteiger partial charge >= 0.3 is 0 Å². The summed E-state index contributed by atoms with van der Waals surface area (Å²) in [6.45, 7) is 4.95. The molecular formula is C18H19N3O4S. The van der Waals surface area contributed by atoms with E-state index in [9.17, 15) is 4.79 Å². The zero-order chi connectivity index (χ0) is 18.4. The fraction of sp³-hybridized carbons (Fsp3) is 0.278. The molecule has 0 bridgehead atoms. The van der Waals surface area contributed by atoms with Gasteiger partial charge < -0.3 is 19.3 Å². The van der Waals surface area contributed by atoms with Gasteiger partial charge in [0.2, 0.25) is 0 Å². The Morgan fingerprint density at radius 1 is 1.19 bits per heavy atom. The normalized spacial score (nSPS) is 10.5. The van der Waals surface area contributed by atoms with Crippen LogP contribution < -0.4 is 14.8 Å². The fourth-order valence-corrected chi connectivity index (χ4v) is 2.92. The van der Waals surface area contributed by atoms with E-state index in [0.717, 1.165) is 4.88 Å². The van der Waals surface area contributed by atoms with Gasteiger partial charge in [-0.1, -0.05) is 11.2 Å². The minimum absolute atomic E-state index is 0.172. The Bertz CT molecular complexity index is 861. The minimum atomic E-state index is -0.253. The van der Waals surface area contributed by atoms with Crippen molar-refractivity contribution in [2.45, 2.75) is 20.4 Å². The summed E-state index contributed by atoms with van der Waals surface area (Å²) in [5, 5.41) is 8.60. The Balaban J connectivity index is 1.65. The van der Waals surface area contributed by atoms with Gasteiger partial charge in [-0.15, -0.1) is 11.3 Å². The zero-order valence-electron chi connectivity index (χ0n) is 14.5. The van der Waals surface area contributed by atoms with Crippen LogP contribution in [0.1, 0.15) is 30.0 Å². The number of amides is 1. The summed E-state index contributed by atoms with van der Waals surface area (Å²) < 4.78 is 16.3. The molecule has 0 aliphatic heterocycles. The second kappa shape index (κ2) is 8.48. The first-order chi connectivity index (χ1) is 12.7. The number of carbonyl (C=O) groups is 1. The van der Waals surface area contributed by atoms with Crippen LogP contribution in [0.25, 0.3) is 10.8 Å². The van der Waals surface area contributed by atoms with E-state index in [1.54, 1.807) is 18.2 Å². The molecule has 136 valence electrons. The molecule has 0 unspecified atom stereocenters. The highest BCUT2D eigenvalue weighted by Gasteiger charge is 2.14. The largest absolute Gasteiger partial charge is 0.490 e. The van der Waals surface area contributed by atoms with Crippen LogP contribution in [0.15, 0.2) is 40.2 Å². The highest BCUT2D eigenvalue weighted by molar-refractivity contribution is 7.13. The Labute approximate surface area is 154 Å². The van der Waals surface area contributed by atoms with Crippen molar-refractivity contribution in [2.24, 2.45) is 0 Å². The molecule has 7 nitrogen and oxygen atoms in total. The molecule has 1 N–H and O–H groups in total. The molecule has 1 aromatic carbocycles. The lowest BCUT2D eigenvalue weighted by molar-refractivity contribution is 0.0949. The van der Waals surface area contributed by atoms with E-state index in [1.807, 2.05) is 31.4 Å². The number of hydrogen-bond acceptors (Lipinski definition) is 7. The lowest BCUT2D eigenvalue weighted by Gasteiger charge is -2.12. The second-order valence-corrected chi connectivity index (χ2v) is 6.15. The third-order valence-electron chi connectivity index (χ3n) is 3.41. The van der Waals surface area contributed by atoms with Crippen molar-refractivity contribution in [3.63, 3.8) is 0 Å². The predicted molar refractivity (Wildman–Crippen MR) is 97.6 cm³/mol. The van der Waals surface area contributed by atoms with Gasteiger partial charge in [-0.25, -0.2) is 0 Å². The van der Waals surface area contributed by atoms with Crippen LogP contribution in [0, 0.1) is 0 Å². The van der Waals surface area contributed by atoms with E-state index in [0.29, 0.717) is 42.0 Å². The van der Waals surface area contributed by atoms with Crippen LogP contribution >= 0.6 is 11.3 Å². The smallest absolute Gasteiger partial charge is 0.268 e. The molecule has 0 aliphatic carbocycles. The Kier molecular flexibility index (Phi) is 5.85. The van der Waals surface area contributed by atoms with Gasteiger partial charge in [0, 0.05) is 5.56 Å². The van der Waals surface area contributed by atoms with Crippen molar-refractivity contribution in [2.75, 3.05) is 13.2 Å². The van der Waals surface area contributed by atoms with Gasteiger partial charge in [0.1, 0.15) is 0 Å². The van der Waals surface area contributed by atoms with Gasteiger partial charge in [0.15, 0.2) is 17.3 Å². The van der Waals surface area contributed by atoms with Crippen molar-refractivity contribution in [1.29, 1.82) is 0 Å². The molecule has 0 atom stereocenters. The van der Waals surface area contributed by atoms with Gasteiger partial charge in [-0.05, 0) is 43.5 Å². The minimum Gasteiger partial charge on any atom is -0.490 e. The predicted octanol–water partition coefficient (Wildman–Crippen LogP) is 3.53. The van der Waals surface area contributed by atoms with E-state index in [-0.39, 0.29) is 12.5 Å². The van der Waals surface area contributed by atoms with E-state index < -0.39 is 0 Å². The molecule has 0 saturated heterocycles. The first-order valence-electron chi connectivity index (χ1n) is 8.25. The first-order valence-corrected chi connectivity index (χ1v) is 9.13. The standard InChI is InChI=1S/C18H19N3O4S/c1-3-23-13-8-7-12(10-14(13)24-4-2)17(22)19-11-16-20-18(25-21-16)15-6-5-9-26-15/h5-10H,3-4,11H2,1-2H3,(H,19,22). The summed E-state index contributed by atoms with van der Waals surface area (Å²) in [5.74, 6) is 1.77. The van der Waals surface area contributed by atoms with Crippen molar-refractivity contribution in [3.05, 3.63) is 47.1 Å². The average Bonchev–Trinajstić information content (AvgIpc) is 3.33. The molecule has 3 aromatic rings. The monoisotopic (exact) mass is 373 g/mol. The molecular weight excluding hydrogens is 354 g/mol. The molecule has 26 heavy (non-hydrogen) atoms. The number of carbonyl (C=O) groups excluding carboxylic acids is 1. The molecule has 3 rings (SSSR count). The number of ether oxygens (including phenoxy) is 2. The van der Waals surface area contributed by atoms with Crippen LogP contribution in [0.3, 0.4) is 0 Å². The first kappa shape index (κ1) is 17.9. The number of hydrogen-bond donors (Lipinski definition) is 1.